The highest BCUT2D eigenvalue weighted by molar-refractivity contribution is 9.10. The van der Waals surface area contributed by atoms with Crippen LogP contribution in [-0.4, -0.2) is 15.6 Å². The summed E-state index contributed by atoms with van der Waals surface area (Å²) in [5.74, 6) is -1.31. The van der Waals surface area contributed by atoms with Gasteiger partial charge in [-0.15, -0.1) is 0 Å². The van der Waals surface area contributed by atoms with Crippen molar-refractivity contribution < 1.29 is 9.90 Å². The minimum atomic E-state index is -0.934. The molecule has 0 saturated heterocycles. The molecule has 1 heterocycles. The first-order chi connectivity index (χ1) is 13.0. The molecule has 3 N–H and O–H groups in total. The Kier molecular flexibility index (Phi) is 5.76. The van der Waals surface area contributed by atoms with Crippen LogP contribution in [-0.2, 0) is 19.4 Å². The highest BCUT2D eigenvalue weighted by Gasteiger charge is 2.18. The van der Waals surface area contributed by atoms with E-state index in [9.17, 15) is 14.7 Å². The predicted octanol–water partition coefficient (Wildman–Crippen LogP) is 3.25. The van der Waals surface area contributed by atoms with Crippen molar-refractivity contribution >= 4 is 21.8 Å². The average Bonchev–Trinajstić information content (AvgIpc) is 2.64. The Morgan fingerprint density at radius 3 is 2.30 bits per heavy atom. The van der Waals surface area contributed by atoms with Gasteiger partial charge >= 0.3 is 0 Å². The number of amides is 1. The second-order valence-corrected chi connectivity index (χ2v) is 7.18. The number of carbonyl (C=O) groups is 1. The summed E-state index contributed by atoms with van der Waals surface area (Å²) in [6, 6.07) is 18.9. The third-order valence-electron chi connectivity index (χ3n) is 4.38. The van der Waals surface area contributed by atoms with E-state index in [4.69, 9.17) is 5.73 Å². The van der Waals surface area contributed by atoms with Gasteiger partial charge in [0, 0.05) is 16.2 Å². The van der Waals surface area contributed by atoms with Gasteiger partial charge in [0.15, 0.2) is 0 Å². The van der Waals surface area contributed by atoms with Crippen molar-refractivity contribution in [3.8, 4) is 5.75 Å². The van der Waals surface area contributed by atoms with E-state index in [1.54, 1.807) is 0 Å². The van der Waals surface area contributed by atoms with Crippen molar-refractivity contribution in [1.29, 1.82) is 0 Å². The summed E-state index contributed by atoms with van der Waals surface area (Å²) in [5, 5.41) is 10.1. The largest absolute Gasteiger partial charge is 0.507 e. The van der Waals surface area contributed by atoms with Gasteiger partial charge in [-0.1, -0.05) is 58.4 Å². The van der Waals surface area contributed by atoms with E-state index in [0.717, 1.165) is 15.6 Å². The van der Waals surface area contributed by atoms with E-state index in [1.165, 1.54) is 10.6 Å². The lowest BCUT2D eigenvalue weighted by atomic mass is 10.1. The van der Waals surface area contributed by atoms with Gasteiger partial charge in [0.05, 0.1) is 6.54 Å². The number of primary amides is 1. The summed E-state index contributed by atoms with van der Waals surface area (Å²) >= 11 is 3.39. The Labute approximate surface area is 165 Å². The molecule has 1 amide bonds. The third kappa shape index (κ3) is 4.46. The molecule has 0 fully saturated rings. The second kappa shape index (κ2) is 8.22. The van der Waals surface area contributed by atoms with Crippen LogP contribution >= 0.6 is 15.9 Å². The van der Waals surface area contributed by atoms with Gasteiger partial charge in [-0.05, 0) is 36.1 Å². The van der Waals surface area contributed by atoms with Gasteiger partial charge in [-0.3, -0.25) is 9.59 Å². The molecule has 27 heavy (non-hydrogen) atoms. The number of benzene rings is 2. The van der Waals surface area contributed by atoms with Crippen LogP contribution in [0, 0.1) is 0 Å². The van der Waals surface area contributed by atoms with E-state index < -0.39 is 11.5 Å². The molecule has 5 nitrogen and oxygen atoms in total. The molecule has 0 spiro atoms. The number of pyridine rings is 1. The maximum atomic E-state index is 12.8. The summed E-state index contributed by atoms with van der Waals surface area (Å²) in [6.45, 7) is 0.288. The zero-order valence-corrected chi connectivity index (χ0v) is 16.1. The van der Waals surface area contributed by atoms with Gasteiger partial charge in [-0.2, -0.15) is 0 Å². The van der Waals surface area contributed by atoms with Gasteiger partial charge in [0.1, 0.15) is 11.3 Å². The lowest BCUT2D eigenvalue weighted by Gasteiger charge is -2.15. The summed E-state index contributed by atoms with van der Waals surface area (Å²) in [4.78, 5) is 24.5. The highest BCUT2D eigenvalue weighted by Crippen LogP contribution is 2.18. The number of halogens is 1. The summed E-state index contributed by atoms with van der Waals surface area (Å²) in [6.07, 6.45) is 1.25. The Balaban J connectivity index is 2.01. The molecular weight excluding hydrogens is 408 g/mol. The normalized spacial score (nSPS) is 10.7. The molecule has 0 aliphatic heterocycles. The smallest absolute Gasteiger partial charge is 0.267 e. The molecule has 6 heteroatoms. The number of aryl methyl sites for hydroxylation is 2. The molecule has 0 saturated carbocycles. The van der Waals surface area contributed by atoms with Crippen LogP contribution in [0.1, 0.15) is 27.2 Å². The summed E-state index contributed by atoms with van der Waals surface area (Å²) in [5.41, 5.74) is 7.02. The Morgan fingerprint density at radius 2 is 1.67 bits per heavy atom. The topological polar surface area (TPSA) is 85.3 Å². The van der Waals surface area contributed by atoms with Gasteiger partial charge in [-0.25, -0.2) is 0 Å². The number of nitrogens with two attached hydrogens (primary N) is 1. The lowest BCUT2D eigenvalue weighted by Crippen LogP contribution is -2.32. The number of rotatable bonds is 6. The average molecular weight is 427 g/mol. The fourth-order valence-corrected chi connectivity index (χ4v) is 3.25. The first-order valence-electron chi connectivity index (χ1n) is 8.49. The lowest BCUT2D eigenvalue weighted by molar-refractivity contribution is 0.0995. The van der Waals surface area contributed by atoms with Crippen LogP contribution < -0.4 is 11.3 Å². The third-order valence-corrected chi connectivity index (χ3v) is 4.91. The Morgan fingerprint density at radius 1 is 1.00 bits per heavy atom. The fourth-order valence-electron chi connectivity index (χ4n) is 2.98. The monoisotopic (exact) mass is 426 g/mol. The zero-order chi connectivity index (χ0) is 19.4. The minimum Gasteiger partial charge on any atom is -0.507 e. The van der Waals surface area contributed by atoms with Crippen molar-refractivity contribution in [2.75, 3.05) is 0 Å². The number of aromatic hydroxyl groups is 1. The second-order valence-electron chi connectivity index (χ2n) is 6.26. The first-order valence-corrected chi connectivity index (χ1v) is 9.29. The van der Waals surface area contributed by atoms with Crippen molar-refractivity contribution in [1.82, 2.24) is 4.57 Å². The fraction of sp³-hybridized carbons (Fsp3) is 0.143. The Bertz CT molecular complexity index is 1010. The molecule has 0 atom stereocenters. The molecule has 3 aromatic rings. The van der Waals surface area contributed by atoms with E-state index in [1.807, 2.05) is 54.6 Å². The predicted molar refractivity (Wildman–Crippen MR) is 108 cm³/mol. The highest BCUT2D eigenvalue weighted by atomic mass is 79.9. The molecule has 1 aromatic heterocycles. The van der Waals surface area contributed by atoms with Crippen LogP contribution in [0.25, 0.3) is 0 Å². The van der Waals surface area contributed by atoms with Crippen LogP contribution in [0.2, 0.25) is 0 Å². The van der Waals surface area contributed by atoms with Crippen LogP contribution in [0.3, 0.4) is 0 Å². The van der Waals surface area contributed by atoms with Gasteiger partial charge < -0.3 is 15.4 Å². The van der Waals surface area contributed by atoms with Gasteiger partial charge in [0.25, 0.3) is 11.5 Å². The van der Waals surface area contributed by atoms with E-state index in [2.05, 4.69) is 15.9 Å². The standard InChI is InChI=1S/C21H19BrN2O3/c22-16-9-6-15(7-10-16)13-24-17(11-8-14-4-2-1-3-5-14)12-18(25)19(20(23)26)21(24)27/h1-7,9-10,12,25H,8,11,13H2,(H2,23,26). The maximum absolute atomic E-state index is 12.8. The number of carbonyl (C=O) groups excluding carboxylic acids is 1. The summed E-state index contributed by atoms with van der Waals surface area (Å²) in [7, 11) is 0. The molecule has 0 aliphatic rings. The maximum Gasteiger partial charge on any atom is 0.267 e. The molecule has 0 aliphatic carbocycles. The van der Waals surface area contributed by atoms with E-state index in [0.29, 0.717) is 18.5 Å². The molecule has 0 bridgehead atoms. The summed E-state index contributed by atoms with van der Waals surface area (Å²) < 4.78 is 2.44. The molecule has 0 unspecified atom stereocenters. The number of aromatic nitrogens is 1. The quantitative estimate of drug-likeness (QED) is 0.634. The Hall–Kier alpha value is -2.86. The molecule has 138 valence electrons. The van der Waals surface area contributed by atoms with Crippen molar-refractivity contribution in [2.24, 2.45) is 5.73 Å². The number of hydrogen-bond donors (Lipinski definition) is 2. The molecular formula is C21H19BrN2O3. The van der Waals surface area contributed by atoms with E-state index >= 15 is 0 Å². The van der Waals surface area contributed by atoms with Crippen molar-refractivity contribution in [2.45, 2.75) is 19.4 Å². The molecule has 0 radical (unpaired) electrons. The number of nitrogens with zero attached hydrogens (tertiary/aromatic N) is 1. The first kappa shape index (κ1) is 18.9. The molecule has 2 aromatic carbocycles. The van der Waals surface area contributed by atoms with Crippen LogP contribution in [0.15, 0.2) is 69.9 Å². The van der Waals surface area contributed by atoms with Crippen molar-refractivity contribution in [3.63, 3.8) is 0 Å². The molecule has 3 rings (SSSR count). The van der Waals surface area contributed by atoms with Crippen molar-refractivity contribution in [3.05, 3.63) is 97.9 Å². The zero-order valence-electron chi connectivity index (χ0n) is 14.6. The number of hydrogen-bond acceptors (Lipinski definition) is 3. The van der Waals surface area contributed by atoms with Gasteiger partial charge in [0.2, 0.25) is 0 Å². The SMILES string of the molecule is NC(=O)c1c(O)cc(CCc2ccccc2)n(Cc2ccc(Br)cc2)c1=O. The van der Waals surface area contributed by atoms with Crippen LogP contribution in [0.4, 0.5) is 0 Å². The minimum absolute atomic E-state index is 0.288. The van der Waals surface area contributed by atoms with Crippen LogP contribution in [0.5, 0.6) is 5.75 Å². The van der Waals surface area contributed by atoms with E-state index in [-0.39, 0.29) is 17.9 Å².